The Morgan fingerprint density at radius 3 is 2.10 bits per heavy atom. The van der Waals surface area contributed by atoms with Gasteiger partial charge in [-0.15, -0.1) is 0 Å². The molecule has 0 unspecified atom stereocenters. The summed E-state index contributed by atoms with van der Waals surface area (Å²) in [6, 6.07) is 35.2. The van der Waals surface area contributed by atoms with Crippen LogP contribution in [0.4, 0.5) is 11.4 Å². The largest absolute Gasteiger partial charge is 0.461 e. The number of carbonyl (C=O) groups is 1. The van der Waals surface area contributed by atoms with Crippen LogP contribution >= 0.6 is 11.8 Å². The second kappa shape index (κ2) is 10.8. The molecule has 6 rings (SSSR count). The summed E-state index contributed by atoms with van der Waals surface area (Å²) in [5.74, 6) is -0.450. The van der Waals surface area contributed by atoms with E-state index < -0.39 is 11.0 Å². The Hall–Kier alpha value is -4.36. The number of anilines is 2. The van der Waals surface area contributed by atoms with E-state index in [4.69, 9.17) is 14.9 Å². The van der Waals surface area contributed by atoms with Crippen molar-refractivity contribution in [2.24, 2.45) is 10.2 Å². The van der Waals surface area contributed by atoms with Crippen molar-refractivity contribution in [3.8, 4) is 0 Å². The Morgan fingerprint density at radius 1 is 0.810 bits per heavy atom. The number of hydrogen-bond donors (Lipinski definition) is 0. The van der Waals surface area contributed by atoms with Gasteiger partial charge in [0.05, 0.1) is 23.7 Å². The molecular formula is C35H34N4O2S. The summed E-state index contributed by atoms with van der Waals surface area (Å²) in [5, 5.41) is 14.5. The van der Waals surface area contributed by atoms with E-state index in [-0.39, 0.29) is 17.1 Å². The summed E-state index contributed by atoms with van der Waals surface area (Å²) in [7, 11) is 0. The number of para-hydroxylation sites is 1. The summed E-state index contributed by atoms with van der Waals surface area (Å²) < 4.78 is 5.45. The molecule has 0 N–H and O–H groups in total. The number of carbonyl (C=O) groups excluding carboxylic acids is 1. The number of hydrogen-bond acceptors (Lipinski definition) is 7. The molecule has 0 fully saturated rings. The van der Waals surface area contributed by atoms with Crippen LogP contribution in [0.25, 0.3) is 0 Å². The summed E-state index contributed by atoms with van der Waals surface area (Å²) in [5.41, 5.74) is 7.99. The molecule has 2 aliphatic rings. The fourth-order valence-corrected chi connectivity index (χ4v) is 6.59. The zero-order valence-corrected chi connectivity index (χ0v) is 25.4. The van der Waals surface area contributed by atoms with Gasteiger partial charge in [0.2, 0.25) is 10.0 Å². The Labute approximate surface area is 251 Å². The lowest BCUT2D eigenvalue weighted by Crippen LogP contribution is -2.54. The van der Waals surface area contributed by atoms with Crippen LogP contribution in [0.3, 0.4) is 0 Å². The van der Waals surface area contributed by atoms with E-state index >= 15 is 0 Å². The standard InChI is InChI=1S/C35H34N4O2S/c1-6-41-33(40)32-37-39(28-22-16-24(2)17-23-28)35(42-32)30-15-11-10-14-29(30)31(36-38(35)27-12-8-7-9-13-27)25-18-20-26(21-19-25)34(3,4)5/h7-23H,6H2,1-5H3/t35-/m1/s1. The van der Waals surface area contributed by atoms with Crippen LogP contribution in [0.5, 0.6) is 0 Å². The van der Waals surface area contributed by atoms with Gasteiger partial charge in [0.15, 0.2) is 0 Å². The van der Waals surface area contributed by atoms with E-state index in [1.54, 1.807) is 6.92 Å². The number of ether oxygens (including phenoxy) is 1. The van der Waals surface area contributed by atoms with Crippen LogP contribution in [0, 0.1) is 6.92 Å². The molecule has 0 saturated carbocycles. The maximum Gasteiger partial charge on any atom is 0.365 e. The molecule has 1 atom stereocenters. The maximum atomic E-state index is 13.2. The van der Waals surface area contributed by atoms with Gasteiger partial charge < -0.3 is 4.74 Å². The predicted octanol–water partition coefficient (Wildman–Crippen LogP) is 7.81. The summed E-state index contributed by atoms with van der Waals surface area (Å²) in [6.07, 6.45) is 0. The fraction of sp³-hybridized carbons (Fsp3) is 0.229. The first-order valence-electron chi connectivity index (χ1n) is 14.2. The van der Waals surface area contributed by atoms with Crippen molar-refractivity contribution in [3.63, 3.8) is 0 Å². The second-order valence-corrected chi connectivity index (χ2v) is 12.6. The van der Waals surface area contributed by atoms with Crippen molar-refractivity contribution in [2.75, 3.05) is 16.6 Å². The Balaban J connectivity index is 1.61. The molecule has 0 aromatic heterocycles. The Morgan fingerprint density at radius 2 is 1.43 bits per heavy atom. The second-order valence-electron chi connectivity index (χ2n) is 11.5. The number of fused-ring (bicyclic) bond motifs is 2. The molecule has 4 aromatic rings. The maximum absolute atomic E-state index is 13.2. The van der Waals surface area contributed by atoms with Gasteiger partial charge in [-0.05, 0) is 60.9 Å². The van der Waals surface area contributed by atoms with Crippen LogP contribution in [-0.4, -0.2) is 23.3 Å². The van der Waals surface area contributed by atoms with Crippen molar-refractivity contribution in [1.82, 2.24) is 0 Å². The van der Waals surface area contributed by atoms with Crippen molar-refractivity contribution < 1.29 is 9.53 Å². The Bertz CT molecular complexity index is 1680. The summed E-state index contributed by atoms with van der Waals surface area (Å²) >= 11 is 1.36. The van der Waals surface area contributed by atoms with E-state index in [1.165, 1.54) is 17.3 Å². The first-order chi connectivity index (χ1) is 20.2. The molecule has 2 heterocycles. The molecular weight excluding hydrogens is 540 g/mol. The lowest BCUT2D eigenvalue weighted by Gasteiger charge is -2.47. The zero-order valence-electron chi connectivity index (χ0n) is 24.5. The number of thioether (sulfide) groups is 1. The molecule has 42 heavy (non-hydrogen) atoms. The van der Waals surface area contributed by atoms with Crippen LogP contribution in [0.1, 0.15) is 55.5 Å². The molecule has 6 nitrogen and oxygen atoms in total. The highest BCUT2D eigenvalue weighted by Gasteiger charge is 2.56. The summed E-state index contributed by atoms with van der Waals surface area (Å²) in [4.78, 5) is 12.2. The van der Waals surface area contributed by atoms with E-state index in [0.717, 1.165) is 39.3 Å². The molecule has 0 aliphatic carbocycles. The zero-order chi connectivity index (χ0) is 29.5. The van der Waals surface area contributed by atoms with Gasteiger partial charge in [-0.3, -0.25) is 0 Å². The highest BCUT2D eigenvalue weighted by molar-refractivity contribution is 8.16. The van der Waals surface area contributed by atoms with Crippen LogP contribution in [-0.2, 0) is 19.9 Å². The molecule has 0 amide bonds. The minimum absolute atomic E-state index is 0.0425. The monoisotopic (exact) mass is 574 g/mol. The molecule has 0 bridgehead atoms. The number of esters is 1. The third kappa shape index (κ3) is 4.77. The molecule has 2 aliphatic heterocycles. The molecule has 0 radical (unpaired) electrons. The average molecular weight is 575 g/mol. The van der Waals surface area contributed by atoms with Gasteiger partial charge in [-0.2, -0.15) is 10.2 Å². The minimum atomic E-state index is -1.02. The van der Waals surface area contributed by atoms with E-state index in [2.05, 4.69) is 76.2 Å². The first kappa shape index (κ1) is 27.8. The first-order valence-corrected chi connectivity index (χ1v) is 15.0. The number of nitrogens with zero attached hydrogens (tertiary/aromatic N) is 4. The van der Waals surface area contributed by atoms with E-state index in [9.17, 15) is 4.79 Å². The van der Waals surface area contributed by atoms with Crippen molar-refractivity contribution >= 4 is 39.9 Å². The summed E-state index contributed by atoms with van der Waals surface area (Å²) in [6.45, 7) is 10.8. The number of hydrazone groups is 2. The van der Waals surface area contributed by atoms with Gasteiger partial charge in [-0.25, -0.2) is 14.8 Å². The molecule has 212 valence electrons. The van der Waals surface area contributed by atoms with Crippen molar-refractivity contribution in [3.05, 3.63) is 131 Å². The van der Waals surface area contributed by atoms with Gasteiger partial charge >= 0.3 is 5.97 Å². The van der Waals surface area contributed by atoms with Gasteiger partial charge in [0.1, 0.15) is 0 Å². The van der Waals surface area contributed by atoms with Crippen molar-refractivity contribution in [2.45, 2.75) is 45.0 Å². The number of aryl methyl sites for hydroxylation is 1. The van der Waals surface area contributed by atoms with Gasteiger partial charge in [-0.1, -0.05) is 105 Å². The third-order valence-electron chi connectivity index (χ3n) is 7.49. The topological polar surface area (TPSA) is 57.5 Å². The molecule has 0 saturated heterocycles. The predicted molar refractivity (Wildman–Crippen MR) is 173 cm³/mol. The molecule has 1 spiro atoms. The highest BCUT2D eigenvalue weighted by atomic mass is 32.2. The fourth-order valence-electron chi connectivity index (χ4n) is 5.31. The third-order valence-corrected chi connectivity index (χ3v) is 8.78. The normalized spacial score (nSPS) is 18.0. The van der Waals surface area contributed by atoms with E-state index in [1.807, 2.05) is 64.6 Å². The average Bonchev–Trinajstić information content (AvgIpc) is 3.39. The van der Waals surface area contributed by atoms with Crippen LogP contribution < -0.4 is 10.0 Å². The Kier molecular flexibility index (Phi) is 7.15. The van der Waals surface area contributed by atoms with Gasteiger partial charge in [0.25, 0.3) is 0 Å². The lowest BCUT2D eigenvalue weighted by atomic mass is 9.85. The lowest BCUT2D eigenvalue weighted by molar-refractivity contribution is -0.134. The SMILES string of the molecule is CCOC(=O)C1=NN(c2ccc(C)cc2)[C@@]2(S1)c1ccccc1C(c1ccc(C(C)(C)C)cc1)=NN2c1ccccc1. The molecule has 7 heteroatoms. The quantitative estimate of drug-likeness (QED) is 0.228. The van der Waals surface area contributed by atoms with Gasteiger partial charge in [0, 0.05) is 16.7 Å². The van der Waals surface area contributed by atoms with Crippen LogP contribution in [0.2, 0.25) is 0 Å². The van der Waals surface area contributed by atoms with Crippen molar-refractivity contribution in [1.29, 1.82) is 0 Å². The number of benzene rings is 4. The van der Waals surface area contributed by atoms with E-state index in [0.29, 0.717) is 0 Å². The highest BCUT2D eigenvalue weighted by Crippen LogP contribution is 2.55. The smallest absolute Gasteiger partial charge is 0.365 e. The molecule has 4 aromatic carbocycles. The number of rotatable bonds is 5. The van der Waals surface area contributed by atoms with Crippen LogP contribution in [0.15, 0.2) is 113 Å². The minimum Gasteiger partial charge on any atom is -0.461 e.